The van der Waals surface area contributed by atoms with Crippen LogP contribution < -0.4 is 35.6 Å². The van der Waals surface area contributed by atoms with Crippen LogP contribution in [-0.2, 0) is 29.5 Å². The summed E-state index contributed by atoms with van der Waals surface area (Å²) in [5.74, 6) is 1.75. The average molecular weight is 642 g/mol. The minimum Gasteiger partial charge on any atom is -0.493 e. The minimum absolute atomic E-state index is 0.127. The van der Waals surface area contributed by atoms with Crippen LogP contribution in [0.2, 0.25) is 0 Å². The molecule has 2 amide bonds. The van der Waals surface area contributed by atoms with Crippen LogP contribution >= 0.6 is 0 Å². The van der Waals surface area contributed by atoms with Gasteiger partial charge in [0.15, 0.2) is 11.5 Å². The maximum Gasteiger partial charge on any atom is 0.242 e. The Kier molecular flexibility index (Phi) is 10.0. The highest BCUT2D eigenvalue weighted by atomic mass is 16.5. The van der Waals surface area contributed by atoms with E-state index in [1.165, 1.54) is 6.92 Å². The second-order valence-electron chi connectivity index (χ2n) is 12.1. The third kappa shape index (κ3) is 6.74. The van der Waals surface area contributed by atoms with Gasteiger partial charge in [-0.1, -0.05) is 32.0 Å². The Morgan fingerprint density at radius 3 is 2.43 bits per heavy atom. The van der Waals surface area contributed by atoms with Crippen LogP contribution in [0.4, 0.5) is 5.69 Å². The number of ether oxygens (including phenoxy) is 3. The number of carbonyl (C=O) groups is 2. The number of fused-ring (bicyclic) bond motifs is 4. The molecule has 11 heteroatoms. The largest absolute Gasteiger partial charge is 0.493 e. The van der Waals surface area contributed by atoms with Crippen LogP contribution in [0.15, 0.2) is 53.3 Å². The third-order valence-electron chi connectivity index (χ3n) is 8.70. The number of amides is 2. The van der Waals surface area contributed by atoms with Crippen LogP contribution in [0.3, 0.4) is 0 Å². The fraction of sp³-hybridized carbons (Fsp3) is 0.389. The fourth-order valence-corrected chi connectivity index (χ4v) is 6.36. The van der Waals surface area contributed by atoms with E-state index in [1.54, 1.807) is 33.5 Å². The molecule has 0 unspecified atom stereocenters. The molecule has 0 radical (unpaired) electrons. The van der Waals surface area contributed by atoms with Gasteiger partial charge in [0.1, 0.15) is 11.9 Å². The lowest BCUT2D eigenvalue weighted by atomic mass is 9.95. The number of nitrogens with one attached hydrogen (secondary N) is 3. The topological polar surface area (TPSA) is 133 Å². The number of carbonyl (C=O) groups excluding carboxylic acids is 2. The number of aromatic nitrogens is 2. The van der Waals surface area contributed by atoms with Crippen LogP contribution in [0.5, 0.6) is 17.2 Å². The molecule has 1 aliphatic carbocycles. The molecule has 1 aromatic heterocycles. The lowest BCUT2D eigenvalue weighted by molar-refractivity contribution is -0.122. The Morgan fingerprint density at radius 2 is 1.77 bits per heavy atom. The van der Waals surface area contributed by atoms with Gasteiger partial charge in [0.2, 0.25) is 23.0 Å². The van der Waals surface area contributed by atoms with Crippen LogP contribution in [0.1, 0.15) is 50.2 Å². The van der Waals surface area contributed by atoms with E-state index >= 15 is 0 Å². The van der Waals surface area contributed by atoms with E-state index in [4.69, 9.17) is 19.2 Å². The molecular weight excluding hydrogens is 598 g/mol. The van der Waals surface area contributed by atoms with Gasteiger partial charge in [0.25, 0.3) is 0 Å². The van der Waals surface area contributed by atoms with E-state index in [-0.39, 0.29) is 28.8 Å². The zero-order valence-electron chi connectivity index (χ0n) is 28.0. The summed E-state index contributed by atoms with van der Waals surface area (Å²) in [4.78, 5) is 44.3. The number of benzene rings is 2. The number of imidazole rings is 1. The molecule has 5 rings (SSSR count). The Bertz CT molecular complexity index is 1870. The highest BCUT2D eigenvalue weighted by Crippen LogP contribution is 2.50. The first-order valence-electron chi connectivity index (χ1n) is 15.8. The molecule has 3 N–H and O–H groups in total. The van der Waals surface area contributed by atoms with E-state index in [1.807, 2.05) is 61.9 Å². The van der Waals surface area contributed by atoms with Crippen LogP contribution in [0.25, 0.3) is 22.2 Å². The van der Waals surface area contributed by atoms with Crippen molar-refractivity contribution < 1.29 is 23.8 Å². The van der Waals surface area contributed by atoms with E-state index in [2.05, 4.69) is 16.0 Å². The Balaban J connectivity index is 1.48. The second kappa shape index (κ2) is 14.1. The Labute approximate surface area is 274 Å². The van der Waals surface area contributed by atoms with Crippen molar-refractivity contribution in [3.05, 3.63) is 75.7 Å². The molecule has 2 atom stereocenters. The van der Waals surface area contributed by atoms with Crippen molar-refractivity contribution in [2.75, 3.05) is 33.2 Å². The molecule has 0 fully saturated rings. The zero-order chi connectivity index (χ0) is 33.8. The first kappa shape index (κ1) is 33.3. The van der Waals surface area contributed by atoms with Gasteiger partial charge in [-0.25, -0.2) is 4.98 Å². The van der Waals surface area contributed by atoms with Crippen molar-refractivity contribution in [2.24, 2.45) is 13.0 Å². The van der Waals surface area contributed by atoms with Crippen molar-refractivity contribution in [1.82, 2.24) is 20.2 Å². The van der Waals surface area contributed by atoms with Crippen molar-refractivity contribution in [3.63, 3.8) is 0 Å². The number of hydrogen-bond acceptors (Lipinski definition) is 8. The van der Waals surface area contributed by atoms with Crippen molar-refractivity contribution in [1.29, 1.82) is 0 Å². The van der Waals surface area contributed by atoms with Gasteiger partial charge >= 0.3 is 0 Å². The van der Waals surface area contributed by atoms with E-state index in [0.717, 1.165) is 28.0 Å². The standard InChI is InChI=1S/C36H43N5O6/c1-20(2)33(36(44)37-17-16-31-39-26-10-8-9-11-28(26)41(31)4)40-27-15-13-23-24(19-29(27)43)25(38-21(3)42)14-12-22-18-30(45-5)34(46-6)35(47-7)32(22)23/h8-11,13,15,18-20,25,33H,12,14,16-17H2,1-7H3,(H,37,44)(H,38,42)(H,40,43)/t25-,33-/m0/s1. The number of rotatable bonds is 11. The molecule has 0 aliphatic heterocycles. The molecule has 47 heavy (non-hydrogen) atoms. The summed E-state index contributed by atoms with van der Waals surface area (Å²) >= 11 is 0. The van der Waals surface area contributed by atoms with Gasteiger partial charge in [-0.05, 0) is 65.8 Å². The summed E-state index contributed by atoms with van der Waals surface area (Å²) in [6.07, 6.45) is 1.70. The summed E-state index contributed by atoms with van der Waals surface area (Å²) in [6.45, 7) is 5.71. The number of aryl methyl sites for hydroxylation is 2. The first-order chi connectivity index (χ1) is 22.6. The Hall–Kier alpha value is -5.06. The summed E-state index contributed by atoms with van der Waals surface area (Å²) in [6, 6.07) is 13.8. The molecule has 4 aromatic rings. The van der Waals surface area contributed by atoms with E-state index in [0.29, 0.717) is 54.2 Å². The summed E-state index contributed by atoms with van der Waals surface area (Å²) in [5, 5.41) is 9.28. The number of anilines is 1. The molecule has 1 aliphatic rings. The van der Waals surface area contributed by atoms with Gasteiger partial charge in [0.05, 0.1) is 44.1 Å². The van der Waals surface area contributed by atoms with Crippen LogP contribution in [-0.4, -0.2) is 55.3 Å². The Morgan fingerprint density at radius 1 is 1.02 bits per heavy atom. The highest BCUT2D eigenvalue weighted by Gasteiger charge is 2.30. The summed E-state index contributed by atoms with van der Waals surface area (Å²) in [5.41, 5.74) is 4.97. The predicted octanol–water partition coefficient (Wildman–Crippen LogP) is 4.55. The molecule has 248 valence electrons. The van der Waals surface area contributed by atoms with E-state index < -0.39 is 12.1 Å². The smallest absolute Gasteiger partial charge is 0.242 e. The van der Waals surface area contributed by atoms with Gasteiger partial charge < -0.3 is 34.7 Å². The molecule has 11 nitrogen and oxygen atoms in total. The fourth-order valence-electron chi connectivity index (χ4n) is 6.36. The van der Waals surface area contributed by atoms with Crippen molar-refractivity contribution in [2.45, 2.75) is 52.1 Å². The first-order valence-corrected chi connectivity index (χ1v) is 15.8. The summed E-state index contributed by atoms with van der Waals surface area (Å²) in [7, 11) is 6.64. The normalized spacial score (nSPS) is 14.4. The van der Waals surface area contributed by atoms with Gasteiger partial charge in [-0.2, -0.15) is 0 Å². The zero-order valence-corrected chi connectivity index (χ0v) is 28.0. The average Bonchev–Trinajstić information content (AvgIpc) is 3.18. The van der Waals surface area contributed by atoms with Crippen molar-refractivity contribution >= 4 is 28.5 Å². The lowest BCUT2D eigenvalue weighted by Crippen LogP contribution is -2.44. The van der Waals surface area contributed by atoms with Gasteiger partial charge in [0, 0.05) is 32.5 Å². The minimum atomic E-state index is -0.678. The SMILES string of the molecule is COc1cc2c(c(OC)c1OC)-c1ccc(N[C@H](C(=O)NCCc3nc4ccccc4n3C)C(C)C)c(=O)cc1[C@@H](NC(C)=O)CC2. The quantitative estimate of drug-likeness (QED) is 0.218. The maximum atomic E-state index is 13.8. The highest BCUT2D eigenvalue weighted by molar-refractivity contribution is 5.86. The predicted molar refractivity (Wildman–Crippen MR) is 182 cm³/mol. The number of hydrogen-bond donors (Lipinski definition) is 3. The molecule has 0 bridgehead atoms. The number of para-hydroxylation sites is 2. The second-order valence-corrected chi connectivity index (χ2v) is 12.1. The van der Waals surface area contributed by atoms with E-state index in [9.17, 15) is 14.4 Å². The number of methoxy groups -OCH3 is 3. The van der Waals surface area contributed by atoms with Gasteiger partial charge in [-0.15, -0.1) is 0 Å². The van der Waals surface area contributed by atoms with Gasteiger partial charge in [-0.3, -0.25) is 14.4 Å². The number of nitrogens with zero attached hydrogens (tertiary/aromatic N) is 2. The molecule has 0 spiro atoms. The van der Waals surface area contributed by atoms with Crippen LogP contribution in [0, 0.1) is 5.92 Å². The molecule has 0 saturated heterocycles. The maximum absolute atomic E-state index is 13.8. The monoisotopic (exact) mass is 641 g/mol. The third-order valence-corrected chi connectivity index (χ3v) is 8.70. The molecule has 0 saturated carbocycles. The molecular formula is C36H43N5O6. The van der Waals surface area contributed by atoms with Crippen molar-refractivity contribution in [3.8, 4) is 28.4 Å². The summed E-state index contributed by atoms with van der Waals surface area (Å²) < 4.78 is 19.2. The molecule has 3 aromatic carbocycles. The lowest BCUT2D eigenvalue weighted by Gasteiger charge is -2.22. The molecule has 1 heterocycles.